The molecule has 0 aliphatic heterocycles. The third kappa shape index (κ3) is 2.99. The lowest BCUT2D eigenvalue weighted by Crippen LogP contribution is -2.18. The summed E-state index contributed by atoms with van der Waals surface area (Å²) in [7, 11) is 0. The van der Waals surface area contributed by atoms with Gasteiger partial charge >= 0.3 is 5.63 Å². The first-order valence-corrected chi connectivity index (χ1v) is 9.23. The molecular weight excluding hydrogens is 354 g/mol. The minimum Gasteiger partial charge on any atom is -0.454 e. The number of aryl methyl sites for hydroxylation is 2. The maximum absolute atomic E-state index is 12.4. The lowest BCUT2D eigenvalue weighted by atomic mass is 10.00. The Bertz CT molecular complexity index is 1280. The number of hydrogen-bond donors (Lipinski definition) is 1. The van der Waals surface area contributed by atoms with Crippen molar-refractivity contribution in [1.82, 2.24) is 0 Å². The van der Waals surface area contributed by atoms with Gasteiger partial charge in [-0.2, -0.15) is 0 Å². The number of fused-ring (bicyclic) bond motifs is 2. The van der Waals surface area contributed by atoms with Crippen molar-refractivity contribution in [3.8, 4) is 11.3 Å². The highest BCUT2D eigenvalue weighted by Gasteiger charge is 2.22. The predicted molar refractivity (Wildman–Crippen MR) is 111 cm³/mol. The third-order valence-electron chi connectivity index (χ3n) is 4.80. The lowest BCUT2D eigenvalue weighted by molar-refractivity contribution is -0.118. The molecule has 1 amide bonds. The average molecular weight is 375 g/mol. The summed E-state index contributed by atoms with van der Waals surface area (Å²) in [6, 6.07) is 12.8. The fraction of sp³-hybridized carbons (Fsp3) is 0.217. The molecule has 2 aromatic carbocycles. The predicted octanol–water partition coefficient (Wildman–Crippen LogP) is 5.42. The second-order valence-electron chi connectivity index (χ2n) is 7.38. The van der Waals surface area contributed by atoms with Crippen molar-refractivity contribution < 1.29 is 13.6 Å². The first-order chi connectivity index (χ1) is 13.3. The van der Waals surface area contributed by atoms with Crippen molar-refractivity contribution in [3.63, 3.8) is 0 Å². The standard InChI is InChI=1S/C23H21NO4/c1-12(2)23(26)24-21-15-7-5-6-8-17(15)28-22(21)16-11-19(25)27-18-10-13(3)9-14(4)20(16)18/h5-12H,1-4H3,(H,24,26). The van der Waals surface area contributed by atoms with Crippen LogP contribution in [0, 0.1) is 19.8 Å². The molecule has 1 N–H and O–H groups in total. The lowest BCUT2D eigenvalue weighted by Gasteiger charge is -2.11. The molecule has 142 valence electrons. The van der Waals surface area contributed by atoms with E-state index >= 15 is 0 Å². The van der Waals surface area contributed by atoms with Crippen LogP contribution in [0.2, 0.25) is 0 Å². The normalized spacial score (nSPS) is 11.5. The van der Waals surface area contributed by atoms with E-state index in [1.807, 2.05) is 64.1 Å². The van der Waals surface area contributed by atoms with Crippen LogP contribution in [0.15, 0.2) is 56.1 Å². The summed E-state index contributed by atoms with van der Waals surface area (Å²) in [6.07, 6.45) is 0. The van der Waals surface area contributed by atoms with Crippen LogP contribution in [0.4, 0.5) is 5.69 Å². The summed E-state index contributed by atoms with van der Waals surface area (Å²) >= 11 is 0. The summed E-state index contributed by atoms with van der Waals surface area (Å²) in [5.41, 5.74) is 3.83. The van der Waals surface area contributed by atoms with Crippen LogP contribution in [0.1, 0.15) is 25.0 Å². The molecular formula is C23H21NO4. The van der Waals surface area contributed by atoms with E-state index in [4.69, 9.17) is 8.83 Å². The molecule has 0 unspecified atom stereocenters. The van der Waals surface area contributed by atoms with E-state index in [1.54, 1.807) is 0 Å². The minimum absolute atomic E-state index is 0.118. The topological polar surface area (TPSA) is 72.5 Å². The Hall–Kier alpha value is -3.34. The van der Waals surface area contributed by atoms with E-state index in [0.29, 0.717) is 28.2 Å². The van der Waals surface area contributed by atoms with Crippen LogP contribution >= 0.6 is 0 Å². The second kappa shape index (κ2) is 6.68. The van der Waals surface area contributed by atoms with Gasteiger partial charge in [0.2, 0.25) is 5.91 Å². The zero-order valence-corrected chi connectivity index (χ0v) is 16.3. The number of carbonyl (C=O) groups excluding carboxylic acids is 1. The fourth-order valence-corrected chi connectivity index (χ4v) is 3.49. The van der Waals surface area contributed by atoms with Crippen molar-refractivity contribution in [2.45, 2.75) is 27.7 Å². The van der Waals surface area contributed by atoms with Crippen LogP contribution in [0.3, 0.4) is 0 Å². The summed E-state index contributed by atoms with van der Waals surface area (Å²) in [6.45, 7) is 7.58. The molecule has 5 heteroatoms. The van der Waals surface area contributed by atoms with Gasteiger partial charge in [-0.1, -0.05) is 32.0 Å². The largest absolute Gasteiger partial charge is 0.454 e. The van der Waals surface area contributed by atoms with E-state index in [-0.39, 0.29) is 11.8 Å². The number of benzene rings is 2. The molecule has 4 rings (SSSR count). The van der Waals surface area contributed by atoms with E-state index in [1.165, 1.54) is 6.07 Å². The van der Waals surface area contributed by atoms with Gasteiger partial charge in [-0.3, -0.25) is 4.79 Å². The van der Waals surface area contributed by atoms with Crippen LogP contribution in [0.5, 0.6) is 0 Å². The van der Waals surface area contributed by atoms with Crippen LogP contribution in [0.25, 0.3) is 33.3 Å². The van der Waals surface area contributed by atoms with Gasteiger partial charge in [0, 0.05) is 28.3 Å². The number of rotatable bonds is 3. The van der Waals surface area contributed by atoms with Gasteiger partial charge in [-0.05, 0) is 43.2 Å². The van der Waals surface area contributed by atoms with Crippen LogP contribution in [-0.4, -0.2) is 5.91 Å². The minimum atomic E-state index is -0.464. The van der Waals surface area contributed by atoms with Gasteiger partial charge in [-0.15, -0.1) is 0 Å². The van der Waals surface area contributed by atoms with Crippen LogP contribution < -0.4 is 10.9 Å². The van der Waals surface area contributed by atoms with Crippen molar-refractivity contribution >= 4 is 33.5 Å². The van der Waals surface area contributed by atoms with E-state index in [0.717, 1.165) is 21.9 Å². The molecule has 2 aromatic heterocycles. The van der Waals surface area contributed by atoms with Crippen molar-refractivity contribution in [1.29, 1.82) is 0 Å². The van der Waals surface area contributed by atoms with Gasteiger partial charge in [0.1, 0.15) is 11.2 Å². The van der Waals surface area contributed by atoms with E-state index < -0.39 is 5.63 Å². The highest BCUT2D eigenvalue weighted by atomic mass is 16.4. The number of nitrogens with one attached hydrogen (secondary N) is 1. The van der Waals surface area contributed by atoms with Gasteiger partial charge in [0.25, 0.3) is 0 Å². The average Bonchev–Trinajstić information content (AvgIpc) is 2.98. The molecule has 5 nitrogen and oxygen atoms in total. The molecule has 28 heavy (non-hydrogen) atoms. The Morgan fingerprint density at radius 1 is 1.00 bits per heavy atom. The number of para-hydroxylation sites is 1. The summed E-state index contributed by atoms with van der Waals surface area (Å²) in [5.74, 6) is 0.149. The Morgan fingerprint density at radius 2 is 1.75 bits per heavy atom. The number of furan rings is 1. The third-order valence-corrected chi connectivity index (χ3v) is 4.80. The smallest absolute Gasteiger partial charge is 0.336 e. The molecule has 0 saturated heterocycles. The number of carbonyl (C=O) groups is 1. The van der Waals surface area contributed by atoms with Gasteiger partial charge < -0.3 is 14.2 Å². The summed E-state index contributed by atoms with van der Waals surface area (Å²) < 4.78 is 11.6. The summed E-state index contributed by atoms with van der Waals surface area (Å²) in [4.78, 5) is 24.7. The summed E-state index contributed by atoms with van der Waals surface area (Å²) in [5, 5.41) is 4.57. The van der Waals surface area contributed by atoms with Gasteiger partial charge in [0.15, 0.2) is 5.76 Å². The molecule has 2 heterocycles. The van der Waals surface area contributed by atoms with E-state index in [2.05, 4.69) is 5.32 Å². The first kappa shape index (κ1) is 18.0. The van der Waals surface area contributed by atoms with Crippen molar-refractivity contribution in [2.75, 3.05) is 5.32 Å². The molecule has 0 aliphatic rings. The molecule has 0 saturated carbocycles. The van der Waals surface area contributed by atoms with Crippen molar-refractivity contribution in [3.05, 3.63) is 64.0 Å². The Morgan fingerprint density at radius 3 is 2.50 bits per heavy atom. The molecule has 0 aliphatic carbocycles. The van der Waals surface area contributed by atoms with Crippen molar-refractivity contribution in [2.24, 2.45) is 5.92 Å². The molecule has 0 radical (unpaired) electrons. The zero-order chi connectivity index (χ0) is 20.0. The monoisotopic (exact) mass is 375 g/mol. The Kier molecular flexibility index (Phi) is 4.30. The van der Waals surface area contributed by atoms with Crippen LogP contribution in [-0.2, 0) is 4.79 Å². The van der Waals surface area contributed by atoms with Gasteiger partial charge in [0.05, 0.1) is 5.69 Å². The molecule has 0 spiro atoms. The SMILES string of the molecule is Cc1cc(C)c2c(-c3oc4ccccc4c3NC(=O)C(C)C)cc(=O)oc2c1. The molecule has 0 bridgehead atoms. The molecule has 0 fully saturated rings. The highest BCUT2D eigenvalue weighted by Crippen LogP contribution is 2.41. The maximum Gasteiger partial charge on any atom is 0.336 e. The maximum atomic E-state index is 12.4. The second-order valence-corrected chi connectivity index (χ2v) is 7.38. The number of anilines is 1. The zero-order valence-electron chi connectivity index (χ0n) is 16.3. The van der Waals surface area contributed by atoms with E-state index in [9.17, 15) is 9.59 Å². The number of hydrogen-bond acceptors (Lipinski definition) is 4. The van der Waals surface area contributed by atoms with Gasteiger partial charge in [-0.25, -0.2) is 4.79 Å². The Balaban J connectivity index is 2.07. The highest BCUT2D eigenvalue weighted by molar-refractivity contribution is 6.09. The molecule has 4 aromatic rings. The molecule has 0 atom stereocenters. The number of amides is 1. The quantitative estimate of drug-likeness (QED) is 0.486. The Labute approximate surface area is 162 Å². The fourth-order valence-electron chi connectivity index (χ4n) is 3.49. The first-order valence-electron chi connectivity index (χ1n) is 9.23.